The van der Waals surface area contributed by atoms with Crippen LogP contribution in [-0.2, 0) is 27.2 Å². The summed E-state index contributed by atoms with van der Waals surface area (Å²) in [6.07, 6.45) is 2.46. The van der Waals surface area contributed by atoms with Crippen LogP contribution in [-0.4, -0.2) is 104 Å². The number of aromatic amines is 1. The number of ether oxygens (including phenoxy) is 2. The molecule has 3 aromatic rings. The highest BCUT2D eigenvalue weighted by atomic mass is 16.6. The molecule has 5 rings (SSSR count). The zero-order valence-electron chi connectivity index (χ0n) is 27.3. The first kappa shape index (κ1) is 32.6. The Morgan fingerprint density at radius 2 is 1.84 bits per heavy atom. The molecular weight excluding hydrogens is 574 g/mol. The lowest BCUT2D eigenvalue weighted by molar-refractivity contribution is -0.141. The smallest absolute Gasteiger partial charge is 0.410 e. The van der Waals surface area contributed by atoms with Gasteiger partial charge in [-0.1, -0.05) is 26.0 Å². The Labute approximate surface area is 264 Å². The number of para-hydroxylation sites is 2. The summed E-state index contributed by atoms with van der Waals surface area (Å²) in [4.78, 5) is 57.2. The number of imidazole rings is 2. The molecule has 2 saturated heterocycles. The number of nitrogens with one attached hydrogen (secondary N) is 2. The molecule has 4 heterocycles. The maximum absolute atomic E-state index is 14.4. The Morgan fingerprint density at radius 3 is 2.51 bits per heavy atom. The minimum absolute atomic E-state index is 0.000683. The summed E-state index contributed by atoms with van der Waals surface area (Å²) in [5.41, 5.74) is 1.95. The van der Waals surface area contributed by atoms with Gasteiger partial charge in [0.25, 0.3) is 0 Å². The lowest BCUT2D eigenvalue weighted by Crippen LogP contribution is -2.59. The third-order valence-corrected chi connectivity index (χ3v) is 8.34. The Bertz CT molecular complexity index is 1500. The molecule has 12 nitrogen and oxygen atoms in total. The number of morpholine rings is 1. The summed E-state index contributed by atoms with van der Waals surface area (Å²) in [6.45, 7) is 14.6. The van der Waals surface area contributed by atoms with Gasteiger partial charge in [-0.2, -0.15) is 0 Å². The quantitative estimate of drug-likeness (QED) is 0.346. The average Bonchev–Trinajstić information content (AvgIpc) is 3.60. The summed E-state index contributed by atoms with van der Waals surface area (Å²) in [5.74, 6) is 0.604. The lowest BCUT2D eigenvalue weighted by Gasteiger charge is -2.41. The van der Waals surface area contributed by atoms with E-state index in [-0.39, 0.29) is 30.2 Å². The van der Waals surface area contributed by atoms with Gasteiger partial charge in [0.2, 0.25) is 11.7 Å². The van der Waals surface area contributed by atoms with E-state index in [0.29, 0.717) is 58.1 Å². The molecule has 1 unspecified atom stereocenters. The molecule has 2 aliphatic heterocycles. The molecule has 2 fully saturated rings. The van der Waals surface area contributed by atoms with Crippen LogP contribution in [0.15, 0.2) is 30.5 Å². The predicted octanol–water partition coefficient (Wildman–Crippen LogP) is 3.59. The Kier molecular flexibility index (Phi) is 9.93. The van der Waals surface area contributed by atoms with Gasteiger partial charge in [-0.25, -0.2) is 14.8 Å². The van der Waals surface area contributed by atoms with E-state index in [1.54, 1.807) is 11.1 Å². The Balaban J connectivity index is 1.40. The largest absolute Gasteiger partial charge is 0.444 e. The summed E-state index contributed by atoms with van der Waals surface area (Å²) in [5, 5.41) is 3.57. The van der Waals surface area contributed by atoms with Crippen LogP contribution in [0.2, 0.25) is 0 Å². The number of Topliss-reactive ketones (excluding diaryl/α,β-unsaturated/α-hetero) is 1. The molecule has 12 heteroatoms. The van der Waals surface area contributed by atoms with Crippen molar-refractivity contribution in [3.8, 4) is 0 Å². The first-order valence-corrected chi connectivity index (χ1v) is 16.0. The van der Waals surface area contributed by atoms with E-state index in [2.05, 4.69) is 15.3 Å². The van der Waals surface area contributed by atoms with Crippen LogP contribution in [0, 0.1) is 18.8 Å². The minimum Gasteiger partial charge on any atom is -0.444 e. The van der Waals surface area contributed by atoms with E-state index >= 15 is 0 Å². The number of aromatic nitrogens is 4. The third-order valence-electron chi connectivity index (χ3n) is 8.34. The molecule has 0 radical (unpaired) electrons. The van der Waals surface area contributed by atoms with E-state index in [1.807, 2.05) is 75.3 Å². The molecule has 0 bridgehead atoms. The number of piperidine rings is 1. The van der Waals surface area contributed by atoms with Crippen LogP contribution in [0.5, 0.6) is 0 Å². The number of aryl methyl sites for hydroxylation is 3. The fraction of sp³-hybridized carbons (Fsp3) is 0.606. The van der Waals surface area contributed by atoms with Gasteiger partial charge in [0.05, 0.1) is 36.2 Å². The van der Waals surface area contributed by atoms with Gasteiger partial charge in [0.15, 0.2) is 5.82 Å². The molecule has 0 spiro atoms. The number of rotatable bonds is 9. The second-order valence-corrected chi connectivity index (χ2v) is 13.5. The zero-order valence-corrected chi connectivity index (χ0v) is 27.3. The molecule has 2 N–H and O–H groups in total. The number of amides is 2. The van der Waals surface area contributed by atoms with E-state index in [0.717, 1.165) is 22.6 Å². The topological polar surface area (TPSA) is 135 Å². The Hall–Kier alpha value is -3.77. The van der Waals surface area contributed by atoms with Crippen molar-refractivity contribution >= 4 is 28.8 Å². The summed E-state index contributed by atoms with van der Waals surface area (Å²) in [6, 6.07) is 6.87. The molecule has 3 atom stereocenters. The van der Waals surface area contributed by atoms with Crippen LogP contribution < -0.4 is 5.32 Å². The van der Waals surface area contributed by atoms with Crippen LogP contribution in [0.3, 0.4) is 0 Å². The standard InChI is InChI=1S/C33H47N7O5/c1-21(2)28(29(41)30-37-25-9-7-8-10-26(25)40(30)12-11-27-34-18-22(3)35-27)36-24-17-23(31(42)38-13-15-44-16-14-38)19-39(20-24)32(43)45-33(4,5)6/h7-10,18,21,23-24,28,36H,11-17,19-20H2,1-6H3,(H,34,35)/t23-,24+,28?/m1/s1. The molecule has 45 heavy (non-hydrogen) atoms. The van der Waals surface area contributed by atoms with Gasteiger partial charge in [-0.05, 0) is 52.2 Å². The van der Waals surface area contributed by atoms with Crippen molar-refractivity contribution in [2.24, 2.45) is 11.8 Å². The second-order valence-electron chi connectivity index (χ2n) is 13.5. The number of ketones is 1. The molecule has 2 amide bonds. The van der Waals surface area contributed by atoms with E-state index in [1.165, 1.54) is 0 Å². The number of benzene rings is 1. The number of hydrogen-bond acceptors (Lipinski definition) is 8. The van der Waals surface area contributed by atoms with E-state index in [9.17, 15) is 14.4 Å². The van der Waals surface area contributed by atoms with Gasteiger partial charge >= 0.3 is 6.09 Å². The highest BCUT2D eigenvalue weighted by molar-refractivity contribution is 6.00. The SMILES string of the molecule is Cc1cnc(CCn2c(C(=O)C(N[C@H]3C[C@@H](C(=O)N4CCOCC4)CN(C(=O)OC(C)(C)C)C3)C(C)C)nc3ccccc32)[nH]1. The summed E-state index contributed by atoms with van der Waals surface area (Å²) >= 11 is 0. The zero-order chi connectivity index (χ0) is 32.3. The molecule has 2 aliphatic rings. The number of H-pyrrole nitrogens is 1. The van der Waals surface area contributed by atoms with Gasteiger partial charge in [0.1, 0.15) is 11.4 Å². The number of carbonyl (C=O) groups is 3. The highest BCUT2D eigenvalue weighted by Gasteiger charge is 2.40. The van der Waals surface area contributed by atoms with Gasteiger partial charge in [0, 0.05) is 57.1 Å². The highest BCUT2D eigenvalue weighted by Crippen LogP contribution is 2.25. The van der Waals surface area contributed by atoms with Crippen LogP contribution in [0.4, 0.5) is 4.79 Å². The van der Waals surface area contributed by atoms with Crippen molar-refractivity contribution < 1.29 is 23.9 Å². The number of likely N-dealkylation sites (tertiary alicyclic amines) is 1. The number of fused-ring (bicyclic) bond motifs is 1. The maximum Gasteiger partial charge on any atom is 0.410 e. The van der Waals surface area contributed by atoms with Crippen LogP contribution in [0.25, 0.3) is 11.0 Å². The average molecular weight is 622 g/mol. The Morgan fingerprint density at radius 1 is 1.11 bits per heavy atom. The number of carbonyl (C=O) groups excluding carboxylic acids is 3. The fourth-order valence-electron chi connectivity index (χ4n) is 6.18. The van der Waals surface area contributed by atoms with Crippen molar-refractivity contribution in [3.05, 3.63) is 47.8 Å². The summed E-state index contributed by atoms with van der Waals surface area (Å²) < 4.78 is 13.1. The predicted molar refractivity (Wildman–Crippen MR) is 170 cm³/mol. The molecule has 2 aromatic heterocycles. The molecular formula is C33H47N7O5. The monoisotopic (exact) mass is 621 g/mol. The molecule has 1 aromatic carbocycles. The molecule has 244 valence electrons. The third kappa shape index (κ3) is 7.91. The van der Waals surface area contributed by atoms with Crippen molar-refractivity contribution in [2.75, 3.05) is 39.4 Å². The number of hydrogen-bond donors (Lipinski definition) is 2. The van der Waals surface area contributed by atoms with E-state index in [4.69, 9.17) is 14.5 Å². The van der Waals surface area contributed by atoms with Gasteiger partial charge < -0.3 is 34.1 Å². The van der Waals surface area contributed by atoms with Crippen molar-refractivity contribution in [1.29, 1.82) is 0 Å². The fourth-order valence-corrected chi connectivity index (χ4v) is 6.18. The van der Waals surface area contributed by atoms with Gasteiger partial charge in [-0.15, -0.1) is 0 Å². The van der Waals surface area contributed by atoms with Gasteiger partial charge in [-0.3, -0.25) is 9.59 Å². The van der Waals surface area contributed by atoms with Crippen molar-refractivity contribution in [1.82, 2.24) is 34.6 Å². The van der Waals surface area contributed by atoms with Crippen LogP contribution in [0.1, 0.15) is 63.2 Å². The summed E-state index contributed by atoms with van der Waals surface area (Å²) in [7, 11) is 0. The minimum atomic E-state index is -0.676. The van der Waals surface area contributed by atoms with Crippen LogP contribution >= 0.6 is 0 Å². The normalized spacial score (nSPS) is 20.1. The molecule has 0 saturated carbocycles. The lowest BCUT2D eigenvalue weighted by atomic mass is 9.90. The van der Waals surface area contributed by atoms with Crippen molar-refractivity contribution in [3.63, 3.8) is 0 Å². The van der Waals surface area contributed by atoms with E-state index < -0.39 is 23.7 Å². The first-order valence-electron chi connectivity index (χ1n) is 16.0. The maximum atomic E-state index is 14.4. The molecule has 0 aliphatic carbocycles. The first-order chi connectivity index (χ1) is 21.4. The second kappa shape index (κ2) is 13.7. The number of nitrogens with zero attached hydrogens (tertiary/aromatic N) is 5. The van der Waals surface area contributed by atoms with Crippen molar-refractivity contribution in [2.45, 2.75) is 78.6 Å².